The minimum atomic E-state index is -3.83. The average Bonchev–Trinajstić information content (AvgIpc) is 2.59. The molecule has 0 aromatic heterocycles. The third-order valence-corrected chi connectivity index (χ3v) is 5.79. The summed E-state index contributed by atoms with van der Waals surface area (Å²) >= 11 is 11.6. The summed E-state index contributed by atoms with van der Waals surface area (Å²) in [5.74, 6) is -1.36. The van der Waals surface area contributed by atoms with Crippen LogP contribution >= 0.6 is 23.2 Å². The molecule has 0 unspecified atom stereocenters. The van der Waals surface area contributed by atoms with Gasteiger partial charge in [-0.2, -0.15) is 4.31 Å². The van der Waals surface area contributed by atoms with E-state index in [4.69, 9.17) is 23.2 Å². The molecule has 0 aliphatic heterocycles. The summed E-state index contributed by atoms with van der Waals surface area (Å²) in [4.78, 5) is 24.1. The van der Waals surface area contributed by atoms with Gasteiger partial charge < -0.3 is 0 Å². The zero-order valence-electron chi connectivity index (χ0n) is 14.5. The van der Waals surface area contributed by atoms with E-state index in [2.05, 4.69) is 10.9 Å². The van der Waals surface area contributed by atoms with Crippen molar-refractivity contribution >= 4 is 45.0 Å². The lowest BCUT2D eigenvalue weighted by Crippen LogP contribution is -2.46. The van der Waals surface area contributed by atoms with Crippen molar-refractivity contribution < 1.29 is 18.0 Å². The van der Waals surface area contributed by atoms with Crippen molar-refractivity contribution in [3.63, 3.8) is 0 Å². The van der Waals surface area contributed by atoms with E-state index in [1.165, 1.54) is 37.4 Å². The first-order chi connectivity index (χ1) is 12.6. The minimum absolute atomic E-state index is 0.0704. The van der Waals surface area contributed by atoms with Crippen LogP contribution in [0.15, 0.2) is 47.4 Å². The number of hydrogen-bond donors (Lipinski definition) is 2. The van der Waals surface area contributed by atoms with Gasteiger partial charge in [0.05, 0.1) is 11.4 Å². The molecular formula is C17H17Cl2N3O4S. The highest BCUT2D eigenvalue weighted by molar-refractivity contribution is 7.89. The topological polar surface area (TPSA) is 95.6 Å². The molecule has 7 nitrogen and oxygen atoms in total. The molecule has 0 atom stereocenters. The molecule has 0 bridgehead atoms. The van der Waals surface area contributed by atoms with E-state index < -0.39 is 28.4 Å². The zero-order chi connectivity index (χ0) is 20.2. The van der Waals surface area contributed by atoms with Gasteiger partial charge in [0.15, 0.2) is 0 Å². The number of amides is 2. The molecule has 0 aliphatic rings. The first-order valence-corrected chi connectivity index (χ1v) is 9.87. The first kappa shape index (κ1) is 21.2. The number of nitrogens with one attached hydrogen (secondary N) is 2. The molecule has 2 aromatic rings. The van der Waals surface area contributed by atoms with Gasteiger partial charge in [0.25, 0.3) is 11.8 Å². The maximum absolute atomic E-state index is 12.4. The van der Waals surface area contributed by atoms with Gasteiger partial charge in [-0.15, -0.1) is 0 Å². The van der Waals surface area contributed by atoms with Crippen LogP contribution in [0.4, 0.5) is 0 Å². The lowest BCUT2D eigenvalue weighted by Gasteiger charge is -2.17. The van der Waals surface area contributed by atoms with Crippen molar-refractivity contribution in [1.82, 2.24) is 15.2 Å². The molecule has 2 rings (SSSR count). The molecule has 0 saturated carbocycles. The van der Waals surface area contributed by atoms with E-state index in [0.29, 0.717) is 0 Å². The van der Waals surface area contributed by atoms with Gasteiger partial charge in [-0.05, 0) is 37.3 Å². The summed E-state index contributed by atoms with van der Waals surface area (Å²) in [6.45, 7) is 1.36. The Labute approximate surface area is 167 Å². The van der Waals surface area contributed by atoms with E-state index in [-0.39, 0.29) is 20.5 Å². The van der Waals surface area contributed by atoms with E-state index in [9.17, 15) is 18.0 Å². The van der Waals surface area contributed by atoms with Crippen LogP contribution in [0.25, 0.3) is 0 Å². The zero-order valence-corrected chi connectivity index (χ0v) is 16.8. The number of carbonyl (C=O) groups excluding carboxylic acids is 2. The second kappa shape index (κ2) is 8.71. The summed E-state index contributed by atoms with van der Waals surface area (Å²) in [7, 11) is -2.56. The van der Waals surface area contributed by atoms with Crippen LogP contribution in [0, 0.1) is 6.92 Å². The Hall–Kier alpha value is -2.13. The Balaban J connectivity index is 1.96. The molecule has 144 valence electrons. The fourth-order valence-corrected chi connectivity index (χ4v) is 3.75. The van der Waals surface area contributed by atoms with Gasteiger partial charge in [-0.25, -0.2) is 8.42 Å². The third kappa shape index (κ3) is 5.67. The summed E-state index contributed by atoms with van der Waals surface area (Å²) in [6, 6.07) is 10.5. The van der Waals surface area contributed by atoms with Crippen LogP contribution in [0.3, 0.4) is 0 Å². The molecule has 0 heterocycles. The molecule has 0 spiro atoms. The molecule has 2 N–H and O–H groups in total. The number of aryl methyl sites for hydroxylation is 1. The van der Waals surface area contributed by atoms with Crippen molar-refractivity contribution in [2.24, 2.45) is 0 Å². The molecule has 0 aliphatic carbocycles. The molecule has 10 heteroatoms. The van der Waals surface area contributed by atoms with Crippen LogP contribution in [0.2, 0.25) is 10.0 Å². The number of benzene rings is 2. The standard InChI is InChI=1S/C17H17Cl2N3O4S/c1-11-3-5-15(6-4-11)27(25,26)22(2)10-16(23)20-21-17(24)12-7-13(18)9-14(19)8-12/h3-9H,10H2,1-2H3,(H,20,23)(H,21,24). The maximum Gasteiger partial charge on any atom is 0.269 e. The van der Waals surface area contributed by atoms with E-state index in [1.807, 2.05) is 6.92 Å². The second-order valence-corrected chi connectivity index (χ2v) is 8.65. The Morgan fingerprint density at radius 3 is 2.11 bits per heavy atom. The van der Waals surface area contributed by atoms with E-state index in [1.54, 1.807) is 12.1 Å². The number of carbonyl (C=O) groups is 2. The lowest BCUT2D eigenvalue weighted by molar-refractivity contribution is -0.121. The van der Waals surface area contributed by atoms with Crippen LogP contribution in [-0.2, 0) is 14.8 Å². The van der Waals surface area contributed by atoms with Crippen molar-refractivity contribution in [1.29, 1.82) is 0 Å². The highest BCUT2D eigenvalue weighted by Crippen LogP contribution is 2.19. The van der Waals surface area contributed by atoms with E-state index in [0.717, 1.165) is 9.87 Å². The number of sulfonamides is 1. The Kier molecular flexibility index (Phi) is 6.83. The molecule has 0 saturated heterocycles. The van der Waals surface area contributed by atoms with Gasteiger partial charge in [-0.3, -0.25) is 20.4 Å². The van der Waals surface area contributed by atoms with Crippen LogP contribution < -0.4 is 10.9 Å². The van der Waals surface area contributed by atoms with Crippen molar-refractivity contribution in [3.05, 3.63) is 63.6 Å². The predicted molar refractivity (Wildman–Crippen MR) is 103 cm³/mol. The van der Waals surface area contributed by atoms with Gasteiger partial charge in [-0.1, -0.05) is 40.9 Å². The lowest BCUT2D eigenvalue weighted by atomic mass is 10.2. The number of rotatable bonds is 5. The quantitative estimate of drug-likeness (QED) is 0.713. The maximum atomic E-state index is 12.4. The van der Waals surface area contributed by atoms with Crippen molar-refractivity contribution in [3.8, 4) is 0 Å². The molecule has 2 amide bonds. The smallest absolute Gasteiger partial charge is 0.269 e. The summed E-state index contributed by atoms with van der Waals surface area (Å²) < 4.78 is 25.8. The van der Waals surface area contributed by atoms with Gasteiger partial charge in [0.1, 0.15) is 0 Å². The van der Waals surface area contributed by atoms with Crippen LogP contribution in [0.1, 0.15) is 15.9 Å². The SMILES string of the molecule is Cc1ccc(S(=O)(=O)N(C)CC(=O)NNC(=O)c2cc(Cl)cc(Cl)c2)cc1. The monoisotopic (exact) mass is 429 g/mol. The molecule has 27 heavy (non-hydrogen) atoms. The van der Waals surface area contributed by atoms with Gasteiger partial charge in [0.2, 0.25) is 10.0 Å². The largest absolute Gasteiger partial charge is 0.272 e. The number of hydrogen-bond acceptors (Lipinski definition) is 4. The number of nitrogens with zero attached hydrogens (tertiary/aromatic N) is 1. The fraction of sp³-hybridized carbons (Fsp3) is 0.176. The Morgan fingerprint density at radius 1 is 1.00 bits per heavy atom. The molecule has 0 radical (unpaired) electrons. The minimum Gasteiger partial charge on any atom is -0.272 e. The van der Waals surface area contributed by atoms with Crippen molar-refractivity contribution in [2.45, 2.75) is 11.8 Å². The normalized spacial score (nSPS) is 11.3. The average molecular weight is 430 g/mol. The number of hydrazine groups is 1. The molecule has 2 aromatic carbocycles. The Bertz CT molecular complexity index is 942. The highest BCUT2D eigenvalue weighted by atomic mass is 35.5. The van der Waals surface area contributed by atoms with E-state index >= 15 is 0 Å². The van der Waals surface area contributed by atoms with Crippen LogP contribution in [0.5, 0.6) is 0 Å². The molecular weight excluding hydrogens is 413 g/mol. The summed E-state index contributed by atoms with van der Waals surface area (Å²) in [5.41, 5.74) is 5.39. The predicted octanol–water partition coefficient (Wildman–Crippen LogP) is 2.38. The van der Waals surface area contributed by atoms with Crippen LogP contribution in [-0.4, -0.2) is 38.1 Å². The van der Waals surface area contributed by atoms with Gasteiger partial charge in [0, 0.05) is 22.7 Å². The van der Waals surface area contributed by atoms with Gasteiger partial charge >= 0.3 is 0 Å². The number of halogens is 2. The van der Waals surface area contributed by atoms with Crippen molar-refractivity contribution in [2.75, 3.05) is 13.6 Å². The third-order valence-electron chi connectivity index (χ3n) is 3.54. The molecule has 0 fully saturated rings. The highest BCUT2D eigenvalue weighted by Gasteiger charge is 2.23. The second-order valence-electron chi connectivity index (χ2n) is 5.73. The summed E-state index contributed by atoms with van der Waals surface area (Å²) in [5, 5.41) is 0.533. The fourth-order valence-electron chi connectivity index (χ4n) is 2.10. The first-order valence-electron chi connectivity index (χ1n) is 7.68. The number of likely N-dealkylation sites (N-methyl/N-ethyl adjacent to an activating group) is 1. The Morgan fingerprint density at radius 2 is 1.56 bits per heavy atom. The summed E-state index contributed by atoms with van der Waals surface area (Å²) in [6.07, 6.45) is 0.